The van der Waals surface area contributed by atoms with Gasteiger partial charge in [0.15, 0.2) is 0 Å². The SMILES string of the molecule is CC(C)(C)C.CC(C)(C)N1C[C@H]2C[C@@H]1CO2.CC(C)(C)[C@H]1CCCN(CC(F)(F)F)C1.CC(C)(C)c1cnccn1.CC(C)(C)c1ncccc1C1CC1.CC(C)(C)c1nccs1.CC1(C)CCN(C(C)(C)C)C1=O.Cc1cccc(C(C)(C)C)n1.Cc1cccnc1C(C)(C)C.c1ccncc1. The summed E-state index contributed by atoms with van der Waals surface area (Å²) in [4.78, 5) is 47.4. The zero-order valence-corrected chi connectivity index (χ0v) is 71.4. The summed E-state index contributed by atoms with van der Waals surface area (Å²) in [6, 6.07) is 21.0. The van der Waals surface area contributed by atoms with Crippen LogP contribution in [0.2, 0.25) is 0 Å². The van der Waals surface area contributed by atoms with E-state index in [1.807, 2.05) is 80.0 Å². The van der Waals surface area contributed by atoms with Crippen LogP contribution in [-0.2, 0) is 36.6 Å². The third-order valence-electron chi connectivity index (χ3n) is 17.4. The van der Waals surface area contributed by atoms with Gasteiger partial charge >= 0.3 is 6.18 Å². The largest absolute Gasteiger partial charge is 0.401 e. The number of aromatic nitrogens is 7. The van der Waals surface area contributed by atoms with E-state index < -0.39 is 12.7 Å². The van der Waals surface area contributed by atoms with Gasteiger partial charge in [-0.3, -0.25) is 44.5 Å². The Labute approximate surface area is 630 Å². The maximum Gasteiger partial charge on any atom is 0.401 e. The number of alkyl halides is 3. The summed E-state index contributed by atoms with van der Waals surface area (Å²) >= 11 is 1.72. The molecular formula is C87H143F3N10O2S. The van der Waals surface area contributed by atoms with E-state index in [2.05, 4.69) is 271 Å². The van der Waals surface area contributed by atoms with Gasteiger partial charge in [-0.05, 0) is 171 Å². The third kappa shape index (κ3) is 38.0. The number of nitrogens with zero attached hydrogens (tertiary/aromatic N) is 10. The zero-order valence-electron chi connectivity index (χ0n) is 70.6. The molecule has 10 heterocycles. The highest BCUT2D eigenvalue weighted by Gasteiger charge is 2.44. The first-order valence-electron chi connectivity index (χ1n) is 37.6. The second-order valence-corrected chi connectivity index (χ2v) is 39.6. The maximum atomic E-state index is 12.2. The van der Waals surface area contributed by atoms with Crippen molar-refractivity contribution in [2.75, 3.05) is 39.3 Å². The Morgan fingerprint density at radius 3 is 1.43 bits per heavy atom. The lowest BCUT2D eigenvalue weighted by Gasteiger charge is -2.39. The smallest absolute Gasteiger partial charge is 0.375 e. The standard InChI is InChI=1S/C12H17N.C11H20F3N.C10H19NO.2C10H15N.C9H17NO.C8H12N2.C7H11NS.C5H5N.C5H12/c1-12(2,3)11-10(9-6-7-9)5-4-8-13-11;1-10(2,3)9-5-4-6-15(7-9)8-11(12,13)14;1-9(2,3)11-7-6-10(4,5)8(11)12;1-8-6-5-7-11-9(8)10(2,3)4;1-8-6-5-7-9(11-8)10(2,3)4;1-9(2,3)10-5-8-4-7(10)6-11-8;1-8(2,3)7-6-9-4-5-10-7;1-7(2,3)6-8-4-5-9-6;1-2-4-6-5-3-1;1-5(2,3)4/h4-5,8-9H,6-7H2,1-3H3;9H,4-8H2,1-3H3;6-7H2,1-5H3;2*5-7H,1-4H3;7-8H,4-6H2,1-3H3;4-6H,1-3H3;4-5H,1-3H3;1-5H;1-4H3/t;9-;;;;7-,8-;;;;/m.0...1..../s1. The van der Waals surface area contributed by atoms with Crippen molar-refractivity contribution in [2.24, 2.45) is 22.2 Å². The first-order chi connectivity index (χ1) is 46.8. The van der Waals surface area contributed by atoms with Crippen molar-refractivity contribution in [2.45, 2.75) is 322 Å². The summed E-state index contributed by atoms with van der Waals surface area (Å²) in [7, 11) is 0. The van der Waals surface area contributed by atoms with Crippen LogP contribution >= 0.6 is 11.3 Å². The van der Waals surface area contributed by atoms with Crippen LogP contribution in [0.1, 0.15) is 297 Å². The molecule has 3 atom stereocenters. The molecule has 0 unspecified atom stereocenters. The normalized spacial score (nSPS) is 18.5. The van der Waals surface area contributed by atoms with Crippen molar-refractivity contribution in [1.29, 1.82) is 0 Å². The number of rotatable bonds is 2. The van der Waals surface area contributed by atoms with E-state index in [9.17, 15) is 18.0 Å². The van der Waals surface area contributed by atoms with Crippen LogP contribution in [0.4, 0.5) is 13.2 Å². The molecule has 5 aliphatic rings. The topological polar surface area (TPSA) is 126 Å². The molecule has 580 valence electrons. The minimum absolute atomic E-state index is 0.00907. The number of carbonyl (C=O) groups excluding carboxylic acids is 1. The predicted octanol–water partition coefficient (Wildman–Crippen LogP) is 22.6. The van der Waals surface area contributed by atoms with Gasteiger partial charge in [-0.2, -0.15) is 13.2 Å². The summed E-state index contributed by atoms with van der Waals surface area (Å²) in [5.41, 5.74) is 10.2. The minimum atomic E-state index is -4.06. The molecule has 0 N–H and O–H groups in total. The Bertz CT molecular complexity index is 3280. The van der Waals surface area contributed by atoms with E-state index in [-0.39, 0.29) is 43.4 Å². The molecule has 5 fully saturated rings. The molecule has 0 spiro atoms. The lowest BCUT2D eigenvalue weighted by Crippen LogP contribution is -2.48. The summed E-state index contributed by atoms with van der Waals surface area (Å²) in [6.45, 7) is 72.5. The van der Waals surface area contributed by atoms with Crippen molar-refractivity contribution >= 4 is 17.2 Å². The molecule has 2 bridgehead atoms. The number of thiazole rings is 1. The van der Waals surface area contributed by atoms with Gasteiger partial charge in [-0.1, -0.05) is 190 Å². The number of amides is 1. The molecule has 1 amide bonds. The molecule has 103 heavy (non-hydrogen) atoms. The number of carbonyl (C=O) groups is 1. The van der Waals surface area contributed by atoms with Gasteiger partial charge in [0, 0.05) is 147 Å². The molecule has 0 radical (unpaired) electrons. The van der Waals surface area contributed by atoms with Gasteiger partial charge in [0.05, 0.1) is 30.0 Å². The molecule has 6 aromatic heterocycles. The van der Waals surface area contributed by atoms with Gasteiger partial charge in [0.1, 0.15) is 0 Å². The number of pyridine rings is 4. The Kier molecular flexibility index (Phi) is 36.2. The summed E-state index contributed by atoms with van der Waals surface area (Å²) < 4.78 is 42.2. The fourth-order valence-corrected chi connectivity index (χ4v) is 12.3. The monoisotopic (exact) mass is 1450 g/mol. The fraction of sp³-hybridized carbons (Fsp3) is 0.678. The third-order valence-corrected chi connectivity index (χ3v) is 18.6. The van der Waals surface area contributed by atoms with Crippen LogP contribution in [0.15, 0.2) is 116 Å². The fourth-order valence-electron chi connectivity index (χ4n) is 11.6. The molecule has 6 aromatic rings. The minimum Gasteiger partial charge on any atom is -0.375 e. The summed E-state index contributed by atoms with van der Waals surface area (Å²) in [5.74, 6) is 1.49. The molecule has 1 aliphatic carbocycles. The molecule has 11 rings (SSSR count). The van der Waals surface area contributed by atoms with Crippen LogP contribution in [0.5, 0.6) is 0 Å². The van der Waals surface area contributed by atoms with Crippen molar-refractivity contribution in [3.8, 4) is 0 Å². The quantitative estimate of drug-likeness (QED) is 0.164. The molecule has 16 heteroatoms. The van der Waals surface area contributed by atoms with Gasteiger partial charge in [0.25, 0.3) is 0 Å². The average molecular weight is 1450 g/mol. The Morgan fingerprint density at radius 2 is 1.12 bits per heavy atom. The number of morpholine rings is 1. The molecule has 1 saturated carbocycles. The number of halogens is 3. The molecular weight excluding hydrogens is 1310 g/mol. The number of hydrogen-bond donors (Lipinski definition) is 0. The van der Waals surface area contributed by atoms with Crippen LogP contribution in [-0.4, -0.2) is 124 Å². The number of piperidine rings is 1. The van der Waals surface area contributed by atoms with Crippen molar-refractivity contribution < 1.29 is 22.7 Å². The lowest BCUT2D eigenvalue weighted by molar-refractivity contribution is -0.151. The summed E-state index contributed by atoms with van der Waals surface area (Å²) in [5, 5.41) is 3.23. The highest BCUT2D eigenvalue weighted by Crippen LogP contribution is 2.44. The maximum absolute atomic E-state index is 12.2. The second kappa shape index (κ2) is 39.9. The van der Waals surface area contributed by atoms with E-state index >= 15 is 0 Å². The van der Waals surface area contributed by atoms with Crippen LogP contribution < -0.4 is 0 Å². The van der Waals surface area contributed by atoms with Gasteiger partial charge in [-0.15, -0.1) is 11.3 Å². The molecule has 4 saturated heterocycles. The van der Waals surface area contributed by atoms with Crippen LogP contribution in [0.25, 0.3) is 0 Å². The van der Waals surface area contributed by atoms with Crippen molar-refractivity contribution in [1.82, 2.24) is 49.6 Å². The summed E-state index contributed by atoms with van der Waals surface area (Å²) in [6.07, 6.45) is 17.7. The second-order valence-electron chi connectivity index (χ2n) is 38.7. The van der Waals surface area contributed by atoms with Gasteiger partial charge in [-0.25, -0.2) is 4.98 Å². The molecule has 0 aromatic carbocycles. The zero-order chi connectivity index (χ0) is 79.0. The van der Waals surface area contributed by atoms with Crippen molar-refractivity contribution in [3.05, 3.63) is 160 Å². The Hall–Kier alpha value is -5.55. The van der Waals surface area contributed by atoms with Gasteiger partial charge in [0.2, 0.25) is 5.91 Å². The number of hydrogen-bond acceptors (Lipinski definition) is 12. The number of likely N-dealkylation sites (tertiary alicyclic amines) is 3. The first-order valence-corrected chi connectivity index (χ1v) is 38.5. The van der Waals surface area contributed by atoms with E-state index in [4.69, 9.17) is 4.74 Å². The Morgan fingerprint density at radius 1 is 0.553 bits per heavy atom. The van der Waals surface area contributed by atoms with Crippen molar-refractivity contribution in [3.63, 3.8) is 0 Å². The van der Waals surface area contributed by atoms with Crippen LogP contribution in [0.3, 0.4) is 0 Å². The highest BCUT2D eigenvalue weighted by molar-refractivity contribution is 7.09. The molecule has 12 nitrogen and oxygen atoms in total. The van der Waals surface area contributed by atoms with E-state index in [0.717, 1.165) is 62.0 Å². The predicted molar refractivity (Wildman–Crippen MR) is 430 cm³/mol. The first kappa shape index (κ1) is 93.5. The lowest BCUT2D eigenvalue weighted by atomic mass is 9.76. The highest BCUT2D eigenvalue weighted by atomic mass is 32.1. The molecule has 4 aliphatic heterocycles. The van der Waals surface area contributed by atoms with Crippen LogP contribution in [0, 0.1) is 36.0 Å². The van der Waals surface area contributed by atoms with E-state index in [0.29, 0.717) is 48.0 Å². The number of ether oxygens (including phenoxy) is 1. The average Bonchev–Trinajstić information content (AvgIpc) is 1.67. The van der Waals surface area contributed by atoms with Gasteiger partial charge < -0.3 is 9.64 Å². The number of aryl methyl sites for hydroxylation is 2. The van der Waals surface area contributed by atoms with E-state index in [1.54, 1.807) is 47.2 Å². The Balaban J connectivity index is 0.000000393. The number of fused-ring (bicyclic) bond motifs is 2. The van der Waals surface area contributed by atoms with E-state index in [1.165, 1.54) is 46.8 Å².